The third-order valence-electron chi connectivity index (χ3n) is 5.72. The van der Waals surface area contributed by atoms with Crippen molar-refractivity contribution in [1.82, 2.24) is 9.78 Å². The minimum atomic E-state index is -0.829. The Morgan fingerprint density at radius 1 is 1.27 bits per heavy atom. The first-order valence-electron chi connectivity index (χ1n) is 9.87. The summed E-state index contributed by atoms with van der Waals surface area (Å²) in [6.45, 7) is 2.39. The number of nitrogens with two attached hydrogens (primary N) is 1. The summed E-state index contributed by atoms with van der Waals surface area (Å²) in [5.41, 5.74) is 7.78. The molecule has 0 unspecified atom stereocenters. The van der Waals surface area contributed by atoms with Crippen molar-refractivity contribution < 1.29 is 13.9 Å². The molecule has 2 heterocycles. The predicted molar refractivity (Wildman–Crippen MR) is 115 cm³/mol. The lowest BCUT2D eigenvalue weighted by Gasteiger charge is -2.38. The van der Waals surface area contributed by atoms with Crippen LogP contribution in [0.1, 0.15) is 25.3 Å². The molecule has 2 atom stereocenters. The topological polar surface area (TPSA) is 70.1 Å². The van der Waals surface area contributed by atoms with Crippen molar-refractivity contribution in [2.24, 2.45) is 12.8 Å². The molecule has 1 saturated heterocycles. The minimum Gasteiger partial charge on any atom is -0.378 e. The number of hydrogen-bond acceptors (Lipinski definition) is 4. The minimum absolute atomic E-state index is 0.0769. The molecule has 1 fully saturated rings. The summed E-state index contributed by atoms with van der Waals surface area (Å²) in [5.74, 6) is -0.708. The highest BCUT2D eigenvalue weighted by Crippen LogP contribution is 2.40. The van der Waals surface area contributed by atoms with E-state index in [9.17, 15) is 9.18 Å². The van der Waals surface area contributed by atoms with Crippen molar-refractivity contribution in [3.63, 3.8) is 0 Å². The van der Waals surface area contributed by atoms with E-state index in [0.717, 1.165) is 21.7 Å². The van der Waals surface area contributed by atoms with Crippen molar-refractivity contribution >= 4 is 17.7 Å². The molecule has 3 aromatic rings. The van der Waals surface area contributed by atoms with Crippen molar-refractivity contribution in [2.75, 3.05) is 6.61 Å². The molecule has 30 heavy (non-hydrogen) atoms. The first-order chi connectivity index (χ1) is 14.4. The van der Waals surface area contributed by atoms with Gasteiger partial charge in [-0.15, -0.1) is 0 Å². The number of carbonyl (C=O) groups excluding carboxylic acids is 1. The van der Waals surface area contributed by atoms with Gasteiger partial charge in [0.05, 0.1) is 17.2 Å². The second-order valence-corrected chi connectivity index (χ2v) is 8.81. The zero-order valence-electron chi connectivity index (χ0n) is 17.0. The van der Waals surface area contributed by atoms with Gasteiger partial charge in [-0.2, -0.15) is 5.10 Å². The maximum absolute atomic E-state index is 14.6. The SMILES string of the molecule is C[C@@H]1C[C@](C(N)=O)(c2ccc(F)c(Sc3ccc(-c4ccnn4C)cc3)c2)CCO1. The molecule has 1 aliphatic heterocycles. The molecular weight excluding hydrogens is 401 g/mol. The average Bonchev–Trinajstić information content (AvgIpc) is 3.16. The van der Waals surface area contributed by atoms with Crippen LogP contribution in [0, 0.1) is 5.82 Å². The van der Waals surface area contributed by atoms with E-state index in [1.165, 1.54) is 17.8 Å². The Balaban J connectivity index is 1.62. The molecule has 0 spiro atoms. The van der Waals surface area contributed by atoms with E-state index >= 15 is 0 Å². The van der Waals surface area contributed by atoms with E-state index in [0.29, 0.717) is 24.3 Å². The lowest BCUT2D eigenvalue weighted by atomic mass is 9.72. The molecule has 7 heteroatoms. The quantitative estimate of drug-likeness (QED) is 0.662. The third-order valence-corrected chi connectivity index (χ3v) is 6.76. The molecule has 1 aliphatic rings. The number of halogens is 1. The molecule has 156 valence electrons. The largest absolute Gasteiger partial charge is 0.378 e. The van der Waals surface area contributed by atoms with Crippen molar-refractivity contribution in [2.45, 2.75) is 41.1 Å². The Morgan fingerprint density at radius 2 is 2.03 bits per heavy atom. The predicted octanol–water partition coefficient (Wildman–Crippen LogP) is 4.30. The number of primary amides is 1. The second kappa shape index (κ2) is 8.24. The normalized spacial score (nSPS) is 21.5. The molecule has 0 radical (unpaired) electrons. The number of aryl methyl sites for hydroxylation is 1. The maximum Gasteiger partial charge on any atom is 0.228 e. The van der Waals surface area contributed by atoms with E-state index in [-0.39, 0.29) is 17.8 Å². The number of aromatic nitrogens is 2. The monoisotopic (exact) mass is 425 g/mol. The summed E-state index contributed by atoms with van der Waals surface area (Å²) in [6, 6.07) is 14.7. The Bertz CT molecular complexity index is 1070. The van der Waals surface area contributed by atoms with Gasteiger partial charge < -0.3 is 10.5 Å². The summed E-state index contributed by atoms with van der Waals surface area (Å²) in [5, 5.41) is 4.19. The number of hydrogen-bond donors (Lipinski definition) is 1. The van der Waals surface area contributed by atoms with Gasteiger partial charge in [-0.1, -0.05) is 30.0 Å². The van der Waals surface area contributed by atoms with Crippen LogP contribution in [0.4, 0.5) is 4.39 Å². The van der Waals surface area contributed by atoms with E-state index < -0.39 is 5.41 Å². The number of ether oxygens (including phenoxy) is 1. The standard InChI is InChI=1S/C23H24FN3O2S/c1-15-14-23(22(25)28,10-12-29-15)17-5-8-19(24)21(13-17)30-18-6-3-16(4-7-18)20-9-11-26-27(20)2/h3-9,11,13,15H,10,12,14H2,1-2H3,(H2,25,28)/t15-,23+/m1/s1. The molecule has 2 N–H and O–H groups in total. The molecule has 4 rings (SSSR count). The highest BCUT2D eigenvalue weighted by molar-refractivity contribution is 7.99. The molecule has 5 nitrogen and oxygen atoms in total. The van der Waals surface area contributed by atoms with Crippen LogP contribution in [0.25, 0.3) is 11.3 Å². The van der Waals surface area contributed by atoms with Gasteiger partial charge in [0.15, 0.2) is 0 Å². The zero-order chi connectivity index (χ0) is 21.3. The average molecular weight is 426 g/mol. The summed E-state index contributed by atoms with van der Waals surface area (Å²) < 4.78 is 22.0. The van der Waals surface area contributed by atoms with Crippen molar-refractivity contribution in [3.8, 4) is 11.3 Å². The number of benzene rings is 2. The Morgan fingerprint density at radius 3 is 2.67 bits per heavy atom. The first-order valence-corrected chi connectivity index (χ1v) is 10.7. The number of carbonyl (C=O) groups is 1. The van der Waals surface area contributed by atoms with Crippen LogP contribution < -0.4 is 5.73 Å². The van der Waals surface area contributed by atoms with E-state index in [1.54, 1.807) is 18.3 Å². The van der Waals surface area contributed by atoms with Gasteiger partial charge in [-0.3, -0.25) is 9.48 Å². The first kappa shape index (κ1) is 20.6. The van der Waals surface area contributed by atoms with Crippen LogP contribution in [0.3, 0.4) is 0 Å². The van der Waals surface area contributed by atoms with Gasteiger partial charge in [0, 0.05) is 29.6 Å². The molecule has 0 saturated carbocycles. The lowest BCUT2D eigenvalue weighted by molar-refractivity contribution is -0.129. The van der Waals surface area contributed by atoms with E-state index in [2.05, 4.69) is 5.10 Å². The van der Waals surface area contributed by atoms with Gasteiger partial charge in [0.2, 0.25) is 5.91 Å². The summed E-state index contributed by atoms with van der Waals surface area (Å²) in [4.78, 5) is 13.8. The number of amides is 1. The highest BCUT2D eigenvalue weighted by Gasteiger charge is 2.42. The van der Waals surface area contributed by atoms with Crippen LogP contribution in [0.5, 0.6) is 0 Å². The fraction of sp³-hybridized carbons (Fsp3) is 0.304. The van der Waals surface area contributed by atoms with Gasteiger partial charge in [-0.25, -0.2) is 4.39 Å². The van der Waals surface area contributed by atoms with Crippen LogP contribution in [-0.2, 0) is 22.0 Å². The Hall–Kier alpha value is -2.64. The van der Waals surface area contributed by atoms with Gasteiger partial charge in [0.25, 0.3) is 0 Å². The Kier molecular flexibility index (Phi) is 5.66. The maximum atomic E-state index is 14.6. The highest BCUT2D eigenvalue weighted by atomic mass is 32.2. The fourth-order valence-corrected chi connectivity index (χ4v) is 4.95. The molecule has 1 aromatic heterocycles. The van der Waals surface area contributed by atoms with Crippen LogP contribution in [-0.4, -0.2) is 28.4 Å². The lowest BCUT2D eigenvalue weighted by Crippen LogP contribution is -2.47. The molecular formula is C23H24FN3O2S. The van der Waals surface area contributed by atoms with Gasteiger partial charge in [-0.05, 0) is 61.2 Å². The van der Waals surface area contributed by atoms with Crippen molar-refractivity contribution in [1.29, 1.82) is 0 Å². The van der Waals surface area contributed by atoms with Gasteiger partial charge >= 0.3 is 0 Å². The summed E-state index contributed by atoms with van der Waals surface area (Å²) in [6.07, 6.45) is 2.68. The number of nitrogens with zero attached hydrogens (tertiary/aromatic N) is 2. The van der Waals surface area contributed by atoms with Gasteiger partial charge in [0.1, 0.15) is 5.82 Å². The summed E-state index contributed by atoms with van der Waals surface area (Å²) >= 11 is 1.33. The third kappa shape index (κ3) is 3.87. The van der Waals surface area contributed by atoms with Crippen LogP contribution in [0.2, 0.25) is 0 Å². The van der Waals surface area contributed by atoms with Crippen LogP contribution in [0.15, 0.2) is 64.5 Å². The van der Waals surface area contributed by atoms with E-state index in [4.69, 9.17) is 10.5 Å². The number of rotatable bonds is 5. The molecule has 0 bridgehead atoms. The fourth-order valence-electron chi connectivity index (χ4n) is 4.07. The molecule has 1 amide bonds. The molecule has 2 aromatic carbocycles. The second-order valence-electron chi connectivity index (χ2n) is 7.69. The van der Waals surface area contributed by atoms with Crippen molar-refractivity contribution in [3.05, 3.63) is 66.1 Å². The zero-order valence-corrected chi connectivity index (χ0v) is 17.8. The smallest absolute Gasteiger partial charge is 0.228 e. The molecule has 0 aliphatic carbocycles. The Labute approximate surface area is 179 Å². The van der Waals surface area contributed by atoms with Crippen LogP contribution >= 0.6 is 11.8 Å². The summed E-state index contributed by atoms with van der Waals surface area (Å²) in [7, 11) is 1.89. The van der Waals surface area contributed by atoms with E-state index in [1.807, 2.05) is 49.0 Å².